The van der Waals surface area contributed by atoms with Crippen molar-refractivity contribution >= 4 is 29.3 Å². The van der Waals surface area contributed by atoms with Crippen molar-refractivity contribution in [1.82, 2.24) is 9.59 Å². The molecule has 1 rings (SSSR count). The summed E-state index contributed by atoms with van der Waals surface area (Å²) in [6.45, 7) is 1.73. The molecule has 3 nitrogen and oxygen atoms in total. The lowest BCUT2D eigenvalue weighted by Crippen LogP contribution is -1.86. The molecule has 1 aromatic rings. The van der Waals surface area contributed by atoms with Crippen LogP contribution in [0.4, 0.5) is 0 Å². The van der Waals surface area contributed by atoms with Crippen molar-refractivity contribution in [1.29, 1.82) is 0 Å². The lowest BCUT2D eigenvalue weighted by atomic mass is 10.4. The van der Waals surface area contributed by atoms with E-state index in [0.717, 1.165) is 11.5 Å². The van der Waals surface area contributed by atoms with Gasteiger partial charge in [0.2, 0.25) is 5.12 Å². The topological polar surface area (TPSA) is 42.9 Å². The van der Waals surface area contributed by atoms with Gasteiger partial charge in [-0.25, -0.2) is 0 Å². The van der Waals surface area contributed by atoms with Crippen LogP contribution in [0.1, 0.15) is 15.4 Å². The average molecular weight is 160 g/mol. The zero-order valence-corrected chi connectivity index (χ0v) is 6.37. The first-order valence-electron chi connectivity index (χ1n) is 2.24. The normalized spacial score (nSPS) is 9.56. The second-order valence-electron chi connectivity index (χ2n) is 1.49. The molecule has 0 atom stereocenters. The summed E-state index contributed by atoms with van der Waals surface area (Å²) in [5.74, 6) is 0. The molecule has 1 heterocycles. The smallest absolute Gasteiger partial charge is 0.229 e. The third-order valence-corrected chi connectivity index (χ3v) is 2.05. The minimum Gasteiger partial charge on any atom is -0.281 e. The Hall–Kier alpha value is -0.420. The fraction of sp³-hybridized carbons (Fsp3) is 0.250. The second-order valence-corrected chi connectivity index (χ2v) is 2.65. The van der Waals surface area contributed by atoms with Crippen molar-refractivity contribution in [2.75, 3.05) is 0 Å². The molecule has 0 unspecified atom stereocenters. The van der Waals surface area contributed by atoms with E-state index in [1.54, 1.807) is 6.92 Å². The molecule has 0 bridgehead atoms. The molecule has 0 fully saturated rings. The zero-order valence-electron chi connectivity index (χ0n) is 4.66. The maximum Gasteiger partial charge on any atom is 0.229 e. The third-order valence-electron chi connectivity index (χ3n) is 0.846. The number of aromatic nitrogens is 2. The number of carbonyl (C=O) groups is 1. The molecule has 0 spiro atoms. The molecule has 0 aromatic carbocycles. The number of hydrogen-bond acceptors (Lipinski definition) is 4. The van der Waals surface area contributed by atoms with E-state index in [0.29, 0.717) is 10.6 Å². The van der Waals surface area contributed by atoms with Crippen LogP contribution in [0.3, 0.4) is 0 Å². The van der Waals surface area contributed by atoms with Crippen LogP contribution >= 0.6 is 24.2 Å². The Morgan fingerprint density at radius 3 is 2.67 bits per heavy atom. The first-order valence-corrected chi connectivity index (χ1v) is 3.46. The standard InChI is InChI=1S/C4H4N2OS2/c1-2-3(4(7)8)9-6-5-2/h1H3,(H,7,8). The number of hydrogen-bond donors (Lipinski definition) is 1. The molecule has 0 aliphatic rings. The SMILES string of the molecule is Cc1nnsc1C(=O)S. The van der Waals surface area contributed by atoms with Gasteiger partial charge in [-0.15, -0.1) is 5.10 Å². The Balaban J connectivity index is 3.08. The van der Waals surface area contributed by atoms with Crippen molar-refractivity contribution in [3.63, 3.8) is 0 Å². The van der Waals surface area contributed by atoms with E-state index >= 15 is 0 Å². The Kier molecular flexibility index (Phi) is 1.82. The van der Waals surface area contributed by atoms with E-state index in [9.17, 15) is 4.79 Å². The van der Waals surface area contributed by atoms with Crippen molar-refractivity contribution in [2.24, 2.45) is 0 Å². The quantitative estimate of drug-likeness (QED) is 0.621. The van der Waals surface area contributed by atoms with Crippen LogP contribution < -0.4 is 0 Å². The number of rotatable bonds is 1. The van der Waals surface area contributed by atoms with Crippen LogP contribution in [0.15, 0.2) is 0 Å². The molecular weight excluding hydrogens is 156 g/mol. The summed E-state index contributed by atoms with van der Waals surface area (Å²) in [4.78, 5) is 11.0. The van der Waals surface area contributed by atoms with Crippen LogP contribution in [-0.2, 0) is 0 Å². The number of nitrogens with zero attached hydrogens (tertiary/aromatic N) is 2. The second kappa shape index (κ2) is 2.45. The van der Waals surface area contributed by atoms with Crippen LogP contribution in [0.5, 0.6) is 0 Å². The fourth-order valence-electron chi connectivity index (χ4n) is 0.428. The zero-order chi connectivity index (χ0) is 6.85. The van der Waals surface area contributed by atoms with Crippen LogP contribution in [0, 0.1) is 6.92 Å². The summed E-state index contributed by atoms with van der Waals surface area (Å²) in [6, 6.07) is 0. The highest BCUT2D eigenvalue weighted by atomic mass is 32.1. The van der Waals surface area contributed by atoms with Gasteiger partial charge < -0.3 is 0 Å². The van der Waals surface area contributed by atoms with Gasteiger partial charge in [0.25, 0.3) is 0 Å². The Morgan fingerprint density at radius 2 is 2.44 bits per heavy atom. The fourth-order valence-corrected chi connectivity index (χ4v) is 1.21. The molecule has 0 aliphatic heterocycles. The first kappa shape index (κ1) is 6.70. The van der Waals surface area contributed by atoms with E-state index in [1.807, 2.05) is 0 Å². The monoisotopic (exact) mass is 160 g/mol. The summed E-state index contributed by atoms with van der Waals surface area (Å²) in [7, 11) is 0. The van der Waals surface area contributed by atoms with Gasteiger partial charge in [-0.05, 0) is 18.5 Å². The van der Waals surface area contributed by atoms with Gasteiger partial charge in [0.15, 0.2) is 0 Å². The summed E-state index contributed by atoms with van der Waals surface area (Å²) in [5, 5.41) is 3.38. The van der Waals surface area contributed by atoms with Crippen LogP contribution in [0.2, 0.25) is 0 Å². The van der Waals surface area contributed by atoms with Gasteiger partial charge in [-0.3, -0.25) is 4.79 Å². The summed E-state index contributed by atoms with van der Waals surface area (Å²) < 4.78 is 3.56. The predicted octanol–water partition coefficient (Wildman–Crippen LogP) is 0.917. The van der Waals surface area contributed by atoms with Crippen molar-refractivity contribution in [2.45, 2.75) is 6.92 Å². The summed E-state index contributed by atoms with van der Waals surface area (Å²) in [6.07, 6.45) is 0. The highest BCUT2D eigenvalue weighted by molar-refractivity contribution is 7.97. The summed E-state index contributed by atoms with van der Waals surface area (Å²) >= 11 is 4.69. The molecule has 0 saturated heterocycles. The maximum absolute atomic E-state index is 10.5. The third kappa shape index (κ3) is 1.28. The minimum absolute atomic E-state index is 0.262. The molecule has 9 heavy (non-hydrogen) atoms. The van der Waals surface area contributed by atoms with E-state index in [2.05, 4.69) is 22.2 Å². The van der Waals surface area contributed by atoms with Gasteiger partial charge in [0, 0.05) is 0 Å². The van der Waals surface area contributed by atoms with Gasteiger partial charge in [-0.2, -0.15) is 0 Å². The largest absolute Gasteiger partial charge is 0.281 e. The number of carbonyl (C=O) groups excluding carboxylic acids is 1. The highest BCUT2D eigenvalue weighted by Gasteiger charge is 2.07. The van der Waals surface area contributed by atoms with Crippen molar-refractivity contribution in [3.05, 3.63) is 10.6 Å². The number of aryl methyl sites for hydroxylation is 1. The molecule has 0 amide bonds. The molecule has 0 aliphatic carbocycles. The maximum atomic E-state index is 10.5. The molecule has 0 saturated carbocycles. The highest BCUT2D eigenvalue weighted by Crippen LogP contribution is 2.10. The predicted molar refractivity (Wildman–Crippen MR) is 38.0 cm³/mol. The molecule has 0 N–H and O–H groups in total. The lowest BCUT2D eigenvalue weighted by Gasteiger charge is -1.82. The van der Waals surface area contributed by atoms with Crippen LogP contribution in [0.25, 0.3) is 0 Å². The van der Waals surface area contributed by atoms with Gasteiger partial charge >= 0.3 is 0 Å². The van der Waals surface area contributed by atoms with Crippen LogP contribution in [-0.4, -0.2) is 14.7 Å². The minimum atomic E-state index is -0.262. The Bertz CT molecular complexity index is 232. The molecule has 5 heteroatoms. The first-order chi connectivity index (χ1) is 4.22. The summed E-state index contributed by atoms with van der Waals surface area (Å²) in [5.41, 5.74) is 0.653. The van der Waals surface area contributed by atoms with E-state index in [-0.39, 0.29) is 5.12 Å². The van der Waals surface area contributed by atoms with Gasteiger partial charge in [0.1, 0.15) is 4.88 Å². The number of thiol groups is 1. The molecule has 0 radical (unpaired) electrons. The Labute approximate surface area is 61.7 Å². The molecule has 1 aromatic heterocycles. The average Bonchev–Trinajstić information content (AvgIpc) is 2.13. The van der Waals surface area contributed by atoms with E-state index < -0.39 is 0 Å². The van der Waals surface area contributed by atoms with Gasteiger partial charge in [-0.1, -0.05) is 17.1 Å². The van der Waals surface area contributed by atoms with E-state index in [1.165, 1.54) is 0 Å². The molecule has 48 valence electrons. The van der Waals surface area contributed by atoms with Gasteiger partial charge in [0.05, 0.1) is 5.69 Å². The molecular formula is C4H4N2OS2. The lowest BCUT2D eigenvalue weighted by molar-refractivity contribution is 0.109. The van der Waals surface area contributed by atoms with Crippen molar-refractivity contribution < 1.29 is 4.79 Å². The van der Waals surface area contributed by atoms with E-state index in [4.69, 9.17) is 0 Å². The van der Waals surface area contributed by atoms with Crippen molar-refractivity contribution in [3.8, 4) is 0 Å². The Morgan fingerprint density at radius 1 is 1.78 bits per heavy atom.